The van der Waals surface area contributed by atoms with Gasteiger partial charge in [0.1, 0.15) is 5.58 Å². The van der Waals surface area contributed by atoms with Gasteiger partial charge in [-0.3, -0.25) is 0 Å². The molecule has 0 unspecified atom stereocenters. The van der Waals surface area contributed by atoms with E-state index >= 15 is 0 Å². The van der Waals surface area contributed by atoms with Crippen molar-refractivity contribution in [2.24, 2.45) is 0 Å². The quantitative estimate of drug-likeness (QED) is 0.203. The van der Waals surface area contributed by atoms with E-state index in [4.69, 9.17) is 4.42 Å². The van der Waals surface area contributed by atoms with Gasteiger partial charge in [0.25, 0.3) is 0 Å². The summed E-state index contributed by atoms with van der Waals surface area (Å²) in [5.74, 6) is 0. The van der Waals surface area contributed by atoms with Crippen molar-refractivity contribution >= 4 is 65.6 Å². The Bertz CT molecular complexity index is 2880. The predicted molar refractivity (Wildman–Crippen MR) is 193 cm³/mol. The molecular formula is C43H25N3O. The summed E-state index contributed by atoms with van der Waals surface area (Å²) in [6.07, 6.45) is 0. The molecule has 0 amide bonds. The molecular weight excluding hydrogens is 574 g/mol. The van der Waals surface area contributed by atoms with E-state index in [1.165, 1.54) is 16.2 Å². The number of aromatic nitrogens is 2. The van der Waals surface area contributed by atoms with Crippen LogP contribution in [0.5, 0.6) is 0 Å². The van der Waals surface area contributed by atoms with Crippen LogP contribution in [0.2, 0.25) is 0 Å². The molecule has 218 valence electrons. The van der Waals surface area contributed by atoms with Crippen molar-refractivity contribution in [2.45, 2.75) is 0 Å². The van der Waals surface area contributed by atoms with Gasteiger partial charge in [0, 0.05) is 43.6 Å². The molecule has 0 aliphatic rings. The first-order valence-corrected chi connectivity index (χ1v) is 15.8. The third-order valence-electron chi connectivity index (χ3n) is 9.54. The van der Waals surface area contributed by atoms with Gasteiger partial charge < -0.3 is 13.6 Å². The standard InChI is InChI=1S/C43H25N3O/c44-26-27-20-21-30(40(24-27)46-38-17-6-1-12-31(38)32-13-2-7-18-39(32)46)28-10-9-11-29(25-28)45-37-16-5-3-14-33(37)35-22-23-36-34-15-4-8-19-41(34)47-43(36)42(35)45/h1-25H. The molecule has 4 nitrogen and oxygen atoms in total. The summed E-state index contributed by atoms with van der Waals surface area (Å²) in [7, 11) is 0. The average molecular weight is 600 g/mol. The minimum Gasteiger partial charge on any atom is -0.454 e. The zero-order valence-electron chi connectivity index (χ0n) is 25.2. The molecule has 10 aromatic rings. The highest BCUT2D eigenvalue weighted by Gasteiger charge is 2.20. The lowest BCUT2D eigenvalue weighted by Gasteiger charge is -2.16. The van der Waals surface area contributed by atoms with E-state index in [1.54, 1.807) is 0 Å². The second kappa shape index (κ2) is 9.71. The summed E-state index contributed by atoms with van der Waals surface area (Å²) in [5.41, 5.74) is 10.9. The number of nitrogens with zero attached hydrogens (tertiary/aromatic N) is 3. The van der Waals surface area contributed by atoms with E-state index in [1.807, 2.05) is 24.3 Å². The number of nitriles is 1. The molecule has 0 bridgehead atoms. The Morgan fingerprint density at radius 3 is 1.83 bits per heavy atom. The number of rotatable bonds is 3. The van der Waals surface area contributed by atoms with Crippen molar-refractivity contribution in [3.05, 3.63) is 157 Å². The Morgan fingerprint density at radius 2 is 1.11 bits per heavy atom. The summed E-state index contributed by atoms with van der Waals surface area (Å²) >= 11 is 0. The van der Waals surface area contributed by atoms with Crippen LogP contribution in [0.4, 0.5) is 0 Å². The molecule has 0 spiro atoms. The molecule has 4 heteroatoms. The summed E-state index contributed by atoms with van der Waals surface area (Å²) in [4.78, 5) is 0. The maximum absolute atomic E-state index is 9.99. The van der Waals surface area contributed by atoms with Crippen LogP contribution in [-0.4, -0.2) is 9.13 Å². The van der Waals surface area contributed by atoms with Gasteiger partial charge in [0.2, 0.25) is 0 Å². The van der Waals surface area contributed by atoms with Crippen molar-refractivity contribution < 1.29 is 4.42 Å². The number of furan rings is 1. The average Bonchev–Trinajstić information content (AvgIpc) is 3.79. The van der Waals surface area contributed by atoms with Crippen LogP contribution in [0.15, 0.2) is 156 Å². The highest BCUT2D eigenvalue weighted by atomic mass is 16.3. The van der Waals surface area contributed by atoms with Crippen LogP contribution in [0.3, 0.4) is 0 Å². The van der Waals surface area contributed by atoms with Crippen molar-refractivity contribution in [3.63, 3.8) is 0 Å². The van der Waals surface area contributed by atoms with Crippen molar-refractivity contribution in [1.82, 2.24) is 9.13 Å². The van der Waals surface area contributed by atoms with Gasteiger partial charge >= 0.3 is 0 Å². The van der Waals surface area contributed by atoms with Gasteiger partial charge in [-0.15, -0.1) is 0 Å². The number of benzene rings is 7. The fraction of sp³-hybridized carbons (Fsp3) is 0. The topological polar surface area (TPSA) is 46.8 Å². The molecule has 0 saturated heterocycles. The molecule has 0 radical (unpaired) electrons. The number of fused-ring (bicyclic) bond motifs is 10. The molecule has 10 rings (SSSR count). The second-order valence-corrected chi connectivity index (χ2v) is 12.1. The van der Waals surface area contributed by atoms with Gasteiger partial charge in [-0.25, -0.2) is 0 Å². The van der Waals surface area contributed by atoms with E-state index in [2.05, 4.69) is 143 Å². The first-order chi connectivity index (χ1) is 23.3. The van der Waals surface area contributed by atoms with E-state index in [-0.39, 0.29) is 0 Å². The van der Waals surface area contributed by atoms with Crippen LogP contribution in [0.25, 0.3) is 88.1 Å². The first-order valence-electron chi connectivity index (χ1n) is 15.8. The van der Waals surface area contributed by atoms with Gasteiger partial charge in [0.05, 0.1) is 39.4 Å². The Hall–Kier alpha value is -6.57. The predicted octanol–water partition coefficient (Wildman–Crippen LogP) is 11.3. The van der Waals surface area contributed by atoms with Crippen LogP contribution >= 0.6 is 0 Å². The van der Waals surface area contributed by atoms with Crippen molar-refractivity contribution in [2.75, 3.05) is 0 Å². The van der Waals surface area contributed by atoms with Crippen molar-refractivity contribution in [1.29, 1.82) is 5.26 Å². The van der Waals surface area contributed by atoms with Gasteiger partial charge in [0.15, 0.2) is 5.58 Å². The lowest BCUT2D eigenvalue weighted by Crippen LogP contribution is -1.99. The molecule has 47 heavy (non-hydrogen) atoms. The van der Waals surface area contributed by atoms with Gasteiger partial charge in [-0.1, -0.05) is 97.1 Å². The number of para-hydroxylation sites is 4. The van der Waals surface area contributed by atoms with Crippen molar-refractivity contribution in [3.8, 4) is 28.6 Å². The molecule has 0 fully saturated rings. The van der Waals surface area contributed by atoms with E-state index < -0.39 is 0 Å². The largest absolute Gasteiger partial charge is 0.454 e. The minimum atomic E-state index is 0.622. The SMILES string of the molecule is N#Cc1ccc(-c2cccc(-n3c4ccccc4c4ccc5c6ccccc6oc5c43)c2)c(-n2c3ccccc3c3ccccc32)c1. The fourth-order valence-electron chi connectivity index (χ4n) is 7.52. The van der Waals surface area contributed by atoms with Crippen LogP contribution in [0.1, 0.15) is 5.56 Å². The molecule has 0 atom stereocenters. The lowest BCUT2D eigenvalue weighted by molar-refractivity contribution is 0.671. The van der Waals surface area contributed by atoms with E-state index in [0.717, 1.165) is 71.9 Å². The Kier molecular flexibility index (Phi) is 5.32. The molecule has 0 saturated carbocycles. The molecule has 7 aromatic carbocycles. The number of hydrogen-bond acceptors (Lipinski definition) is 2. The normalized spacial score (nSPS) is 11.8. The first kappa shape index (κ1) is 25.7. The molecule has 0 aliphatic carbocycles. The molecule has 0 aliphatic heterocycles. The monoisotopic (exact) mass is 599 g/mol. The summed E-state index contributed by atoms with van der Waals surface area (Å²) in [6, 6.07) is 55.3. The van der Waals surface area contributed by atoms with Crippen LogP contribution < -0.4 is 0 Å². The van der Waals surface area contributed by atoms with Crippen LogP contribution in [-0.2, 0) is 0 Å². The Morgan fingerprint density at radius 1 is 0.489 bits per heavy atom. The molecule has 3 heterocycles. The zero-order valence-corrected chi connectivity index (χ0v) is 25.2. The molecule has 0 N–H and O–H groups in total. The Balaban J connectivity index is 1.27. The number of hydrogen-bond donors (Lipinski definition) is 0. The zero-order chi connectivity index (χ0) is 31.1. The Labute approximate surface area is 269 Å². The highest BCUT2D eigenvalue weighted by Crippen LogP contribution is 2.41. The fourth-order valence-corrected chi connectivity index (χ4v) is 7.52. The third kappa shape index (κ3) is 3.63. The lowest BCUT2D eigenvalue weighted by atomic mass is 10.0. The third-order valence-corrected chi connectivity index (χ3v) is 9.54. The van der Waals surface area contributed by atoms with Crippen LogP contribution in [0, 0.1) is 11.3 Å². The minimum absolute atomic E-state index is 0.622. The summed E-state index contributed by atoms with van der Waals surface area (Å²) < 4.78 is 11.2. The smallest absolute Gasteiger partial charge is 0.160 e. The maximum atomic E-state index is 9.99. The van der Waals surface area contributed by atoms with Gasteiger partial charge in [-0.05, 0) is 60.2 Å². The summed E-state index contributed by atoms with van der Waals surface area (Å²) in [6.45, 7) is 0. The second-order valence-electron chi connectivity index (χ2n) is 12.1. The van der Waals surface area contributed by atoms with E-state index in [0.29, 0.717) is 5.56 Å². The maximum Gasteiger partial charge on any atom is 0.160 e. The molecule has 3 aromatic heterocycles. The van der Waals surface area contributed by atoms with Gasteiger partial charge in [-0.2, -0.15) is 5.26 Å². The van der Waals surface area contributed by atoms with E-state index in [9.17, 15) is 5.26 Å². The summed E-state index contributed by atoms with van der Waals surface area (Å²) in [5, 5.41) is 16.9. The highest BCUT2D eigenvalue weighted by molar-refractivity contribution is 6.21.